The SMILES string of the molecule is CC(C)=CCC/C(C)=C/COC(=O)CC(c1c#cccc1)C(C)C(=O)c1ccccc1. The highest BCUT2D eigenvalue weighted by Crippen LogP contribution is 2.30. The Balaban J connectivity index is 2.02. The quantitative estimate of drug-likeness (QED) is 0.238. The number of esters is 1. The molecule has 0 aromatic heterocycles. The van der Waals surface area contributed by atoms with Crippen LogP contribution in [0, 0.1) is 18.1 Å². The summed E-state index contributed by atoms with van der Waals surface area (Å²) in [4.78, 5) is 25.6. The molecule has 0 radical (unpaired) electrons. The zero-order chi connectivity index (χ0) is 22.6. The lowest BCUT2D eigenvalue weighted by Crippen LogP contribution is -2.23. The Morgan fingerprint density at radius 1 is 1.03 bits per heavy atom. The minimum Gasteiger partial charge on any atom is -0.461 e. The third kappa shape index (κ3) is 8.26. The first-order chi connectivity index (χ1) is 14.9. The summed E-state index contributed by atoms with van der Waals surface area (Å²) in [7, 11) is 0. The van der Waals surface area contributed by atoms with Crippen LogP contribution in [0.2, 0.25) is 0 Å². The average Bonchev–Trinajstić information content (AvgIpc) is 2.77. The van der Waals surface area contributed by atoms with E-state index in [4.69, 9.17) is 4.74 Å². The summed E-state index contributed by atoms with van der Waals surface area (Å²) in [6.45, 7) is 8.33. The van der Waals surface area contributed by atoms with Crippen LogP contribution in [-0.2, 0) is 9.53 Å². The summed E-state index contributed by atoms with van der Waals surface area (Å²) in [6, 6.07) is 20.7. The van der Waals surface area contributed by atoms with Crippen molar-refractivity contribution >= 4 is 11.8 Å². The smallest absolute Gasteiger partial charge is 0.306 e. The van der Waals surface area contributed by atoms with Crippen molar-refractivity contribution in [2.24, 2.45) is 5.92 Å². The van der Waals surface area contributed by atoms with Crippen LogP contribution in [0.4, 0.5) is 0 Å². The number of hydrogen-bond donors (Lipinski definition) is 0. The van der Waals surface area contributed by atoms with Crippen LogP contribution in [0.15, 0.2) is 71.8 Å². The first-order valence-corrected chi connectivity index (χ1v) is 10.8. The van der Waals surface area contributed by atoms with Crippen molar-refractivity contribution in [1.29, 1.82) is 0 Å². The molecule has 31 heavy (non-hydrogen) atoms. The predicted octanol–water partition coefficient (Wildman–Crippen LogP) is 6.52. The van der Waals surface area contributed by atoms with Gasteiger partial charge < -0.3 is 4.74 Å². The highest BCUT2D eigenvalue weighted by atomic mass is 16.5. The molecule has 0 amide bonds. The zero-order valence-corrected chi connectivity index (χ0v) is 19.0. The maximum absolute atomic E-state index is 13.0. The van der Waals surface area contributed by atoms with Crippen LogP contribution in [0.25, 0.3) is 0 Å². The van der Waals surface area contributed by atoms with Gasteiger partial charge in [0.1, 0.15) is 6.61 Å². The van der Waals surface area contributed by atoms with Crippen molar-refractivity contribution in [3.8, 4) is 0 Å². The second-order valence-corrected chi connectivity index (χ2v) is 8.13. The number of carbonyl (C=O) groups is 2. The molecule has 3 heteroatoms. The van der Waals surface area contributed by atoms with Gasteiger partial charge in [0.25, 0.3) is 0 Å². The van der Waals surface area contributed by atoms with E-state index in [1.54, 1.807) is 18.2 Å². The molecule has 2 aromatic rings. The first kappa shape index (κ1) is 24.2. The molecule has 0 spiro atoms. The van der Waals surface area contributed by atoms with Crippen molar-refractivity contribution < 1.29 is 14.3 Å². The van der Waals surface area contributed by atoms with E-state index in [1.807, 2.05) is 50.3 Å². The molecule has 0 aliphatic heterocycles. The Kier molecular flexibility index (Phi) is 9.78. The van der Waals surface area contributed by atoms with Crippen molar-refractivity contribution in [2.75, 3.05) is 6.61 Å². The molecule has 162 valence electrons. The van der Waals surface area contributed by atoms with Crippen molar-refractivity contribution in [1.82, 2.24) is 0 Å². The fourth-order valence-electron chi connectivity index (χ4n) is 3.39. The van der Waals surface area contributed by atoms with Gasteiger partial charge in [-0.2, -0.15) is 0 Å². The van der Waals surface area contributed by atoms with Gasteiger partial charge in [-0.3, -0.25) is 9.59 Å². The first-order valence-electron chi connectivity index (χ1n) is 10.8. The molecule has 2 aromatic carbocycles. The summed E-state index contributed by atoms with van der Waals surface area (Å²) in [5.74, 6) is -1.02. The maximum atomic E-state index is 13.0. The summed E-state index contributed by atoms with van der Waals surface area (Å²) < 4.78 is 5.46. The predicted molar refractivity (Wildman–Crippen MR) is 125 cm³/mol. The summed E-state index contributed by atoms with van der Waals surface area (Å²) in [6.07, 6.45) is 6.21. The molecule has 0 aliphatic rings. The van der Waals surface area contributed by atoms with Crippen molar-refractivity contribution in [3.05, 3.63) is 95.1 Å². The molecular formula is C28H32O3. The van der Waals surface area contributed by atoms with E-state index < -0.39 is 0 Å². The Morgan fingerprint density at radius 2 is 1.77 bits per heavy atom. The Hall–Kier alpha value is -3.12. The van der Waals surface area contributed by atoms with E-state index in [1.165, 1.54) is 11.1 Å². The molecule has 0 saturated heterocycles. The molecular weight excluding hydrogens is 384 g/mol. The van der Waals surface area contributed by atoms with E-state index in [9.17, 15) is 9.59 Å². The molecule has 2 atom stereocenters. The van der Waals surface area contributed by atoms with Crippen LogP contribution in [0.3, 0.4) is 0 Å². The summed E-state index contributed by atoms with van der Waals surface area (Å²) >= 11 is 0. The van der Waals surface area contributed by atoms with Crippen molar-refractivity contribution in [2.45, 2.75) is 52.9 Å². The highest BCUT2D eigenvalue weighted by molar-refractivity contribution is 5.98. The number of benzene rings is 1. The van der Waals surface area contributed by atoms with E-state index >= 15 is 0 Å². The molecule has 0 heterocycles. The van der Waals surface area contributed by atoms with Crippen LogP contribution in [-0.4, -0.2) is 18.4 Å². The molecule has 2 rings (SSSR count). The van der Waals surface area contributed by atoms with Gasteiger partial charge in [0.05, 0.1) is 6.42 Å². The van der Waals surface area contributed by atoms with Crippen LogP contribution >= 0.6 is 0 Å². The van der Waals surface area contributed by atoms with Gasteiger partial charge in [-0.1, -0.05) is 72.7 Å². The number of allylic oxidation sites excluding steroid dienone is 3. The molecule has 0 aliphatic carbocycles. The Bertz CT molecular complexity index is 890. The van der Waals surface area contributed by atoms with Crippen LogP contribution in [0.1, 0.15) is 68.8 Å². The molecule has 0 fully saturated rings. The third-order valence-corrected chi connectivity index (χ3v) is 5.30. The second kappa shape index (κ2) is 12.5. The summed E-state index contributed by atoms with van der Waals surface area (Å²) in [5.41, 5.74) is 3.94. The maximum Gasteiger partial charge on any atom is 0.306 e. The normalized spacial score (nSPS) is 13.0. The minimum absolute atomic E-state index is 0.00525. The fraction of sp³-hybridized carbons (Fsp3) is 0.357. The van der Waals surface area contributed by atoms with Gasteiger partial charge in [-0.15, -0.1) is 0 Å². The number of Topliss-reactive ketones (excluding diaryl/α,β-unsaturated/α-hetero) is 1. The average molecular weight is 417 g/mol. The van der Waals surface area contributed by atoms with E-state index in [0.717, 1.165) is 18.4 Å². The minimum atomic E-state index is -0.386. The lowest BCUT2D eigenvalue weighted by Gasteiger charge is -2.21. The molecule has 0 N–H and O–H groups in total. The van der Waals surface area contributed by atoms with Gasteiger partial charge in [0, 0.05) is 23.0 Å². The van der Waals surface area contributed by atoms with Gasteiger partial charge >= 0.3 is 5.97 Å². The zero-order valence-electron chi connectivity index (χ0n) is 19.0. The number of carbonyl (C=O) groups excluding carboxylic acids is 2. The van der Waals surface area contributed by atoms with Crippen molar-refractivity contribution in [3.63, 3.8) is 0 Å². The number of ether oxygens (including phenoxy) is 1. The standard InChI is InChI=1S/C28H32O3/c1-21(2)12-11-13-22(3)18-19-31-27(29)20-26(24-14-7-5-8-15-24)23(4)28(30)25-16-9-6-10-17-25/h5-7,9-10,12,14,16-18,23,26H,11,13,19-20H2,1-4H3/b22-18+. The summed E-state index contributed by atoms with van der Waals surface area (Å²) in [5, 5.41) is 0. The van der Waals surface area contributed by atoms with Crippen LogP contribution in [0.5, 0.6) is 0 Å². The Morgan fingerprint density at radius 3 is 2.42 bits per heavy atom. The van der Waals surface area contributed by atoms with Gasteiger partial charge in [-0.25, -0.2) is 0 Å². The number of ketones is 1. The fourth-order valence-corrected chi connectivity index (χ4v) is 3.39. The van der Waals surface area contributed by atoms with E-state index in [0.29, 0.717) is 5.56 Å². The third-order valence-electron chi connectivity index (χ3n) is 5.30. The monoisotopic (exact) mass is 416 g/mol. The lowest BCUT2D eigenvalue weighted by atomic mass is 9.81. The highest BCUT2D eigenvalue weighted by Gasteiger charge is 2.29. The molecule has 0 bridgehead atoms. The lowest BCUT2D eigenvalue weighted by molar-refractivity contribution is -0.143. The van der Waals surface area contributed by atoms with Gasteiger partial charge in [0.2, 0.25) is 0 Å². The topological polar surface area (TPSA) is 43.4 Å². The van der Waals surface area contributed by atoms with Crippen LogP contribution < -0.4 is 0 Å². The molecule has 2 unspecified atom stereocenters. The largest absolute Gasteiger partial charge is 0.461 e. The van der Waals surface area contributed by atoms with E-state index in [-0.39, 0.29) is 36.6 Å². The van der Waals surface area contributed by atoms with Gasteiger partial charge in [-0.05, 0) is 51.8 Å². The van der Waals surface area contributed by atoms with Gasteiger partial charge in [0.15, 0.2) is 5.78 Å². The molecule has 0 saturated carbocycles. The Labute approximate surface area is 186 Å². The second-order valence-electron chi connectivity index (χ2n) is 8.13. The number of rotatable bonds is 11. The van der Waals surface area contributed by atoms with E-state index in [2.05, 4.69) is 32.1 Å². The molecule has 3 nitrogen and oxygen atoms in total. The number of hydrogen-bond acceptors (Lipinski definition) is 3.